The Bertz CT molecular complexity index is 640. The van der Waals surface area contributed by atoms with Crippen molar-refractivity contribution in [3.8, 4) is 6.07 Å². The molecule has 0 aliphatic carbocycles. The molecule has 0 amide bonds. The van der Waals surface area contributed by atoms with Gasteiger partial charge in [0.25, 0.3) is 0 Å². The summed E-state index contributed by atoms with van der Waals surface area (Å²) in [7, 11) is 0. The van der Waals surface area contributed by atoms with Crippen molar-refractivity contribution in [2.75, 3.05) is 37.6 Å². The highest BCUT2D eigenvalue weighted by Gasteiger charge is 2.19. The van der Waals surface area contributed by atoms with E-state index in [1.165, 1.54) is 5.56 Å². The van der Waals surface area contributed by atoms with Crippen LogP contribution in [0, 0.1) is 11.3 Å². The lowest BCUT2D eigenvalue weighted by molar-refractivity contribution is 0.260. The fourth-order valence-corrected chi connectivity index (χ4v) is 2.85. The number of hydrogen-bond acceptors (Lipinski definition) is 4. The molecule has 22 heavy (non-hydrogen) atoms. The lowest BCUT2D eigenvalue weighted by atomic mass is 10.1. The average Bonchev–Trinajstić information content (AvgIpc) is 2.61. The second kappa shape index (κ2) is 7.06. The third-order valence-electron chi connectivity index (χ3n) is 4.14. The maximum Gasteiger partial charge on any atom is 0.146 e. The minimum atomic E-state index is 0.667. The predicted molar refractivity (Wildman–Crippen MR) is 87.8 cm³/mol. The van der Waals surface area contributed by atoms with E-state index >= 15 is 0 Å². The Morgan fingerprint density at radius 2 is 1.77 bits per heavy atom. The fraction of sp³-hybridized carbons (Fsp3) is 0.333. The number of pyridine rings is 1. The van der Waals surface area contributed by atoms with E-state index in [4.69, 9.17) is 0 Å². The summed E-state index contributed by atoms with van der Waals surface area (Å²) in [4.78, 5) is 9.08. The van der Waals surface area contributed by atoms with E-state index in [-0.39, 0.29) is 0 Å². The SMILES string of the molecule is N#Cc1cccnc1N1CCN(CCc2ccccc2)CC1. The molecule has 1 aliphatic rings. The van der Waals surface area contributed by atoms with Crippen LogP contribution < -0.4 is 4.90 Å². The zero-order chi connectivity index (χ0) is 15.2. The smallest absolute Gasteiger partial charge is 0.146 e. The third-order valence-corrected chi connectivity index (χ3v) is 4.14. The molecule has 1 fully saturated rings. The molecule has 2 aromatic rings. The van der Waals surface area contributed by atoms with Crippen LogP contribution in [0.4, 0.5) is 5.82 Å². The van der Waals surface area contributed by atoms with Gasteiger partial charge in [-0.1, -0.05) is 30.3 Å². The molecule has 0 N–H and O–H groups in total. The molecule has 0 saturated carbocycles. The Morgan fingerprint density at radius 3 is 2.50 bits per heavy atom. The summed E-state index contributed by atoms with van der Waals surface area (Å²) in [5, 5.41) is 9.18. The first-order valence-corrected chi connectivity index (χ1v) is 7.73. The van der Waals surface area contributed by atoms with Gasteiger partial charge in [0.05, 0.1) is 5.56 Å². The molecule has 1 aliphatic heterocycles. The normalized spacial score (nSPS) is 15.5. The zero-order valence-corrected chi connectivity index (χ0v) is 12.7. The van der Waals surface area contributed by atoms with Crippen molar-refractivity contribution >= 4 is 5.82 Å². The van der Waals surface area contributed by atoms with Crippen molar-refractivity contribution in [3.05, 3.63) is 59.8 Å². The average molecular weight is 292 g/mol. The van der Waals surface area contributed by atoms with E-state index in [0.717, 1.165) is 45.0 Å². The van der Waals surface area contributed by atoms with Gasteiger partial charge in [0.1, 0.15) is 11.9 Å². The van der Waals surface area contributed by atoms with Gasteiger partial charge in [-0.15, -0.1) is 0 Å². The Labute approximate surface area is 131 Å². The van der Waals surface area contributed by atoms with Crippen LogP contribution in [0.15, 0.2) is 48.7 Å². The highest BCUT2D eigenvalue weighted by molar-refractivity contribution is 5.53. The maximum absolute atomic E-state index is 9.18. The van der Waals surface area contributed by atoms with Gasteiger partial charge in [0.2, 0.25) is 0 Å². The number of benzene rings is 1. The number of nitriles is 1. The number of hydrogen-bond donors (Lipinski definition) is 0. The standard InChI is InChI=1S/C18H20N4/c19-15-17-7-4-9-20-18(17)22-13-11-21(12-14-22)10-8-16-5-2-1-3-6-16/h1-7,9H,8,10-14H2. The molecule has 4 heteroatoms. The quantitative estimate of drug-likeness (QED) is 0.867. The summed E-state index contributed by atoms with van der Waals surface area (Å²) >= 11 is 0. The number of piperazine rings is 1. The molecule has 1 aromatic carbocycles. The molecule has 1 saturated heterocycles. The molecule has 0 radical (unpaired) electrons. The molecular formula is C18H20N4. The highest BCUT2D eigenvalue weighted by Crippen LogP contribution is 2.18. The van der Waals surface area contributed by atoms with Gasteiger partial charge in [0.15, 0.2) is 0 Å². The Kier molecular flexibility index (Phi) is 4.67. The van der Waals surface area contributed by atoms with Crippen LogP contribution in [0.3, 0.4) is 0 Å². The molecule has 2 heterocycles. The van der Waals surface area contributed by atoms with Crippen LogP contribution in [-0.2, 0) is 6.42 Å². The fourth-order valence-electron chi connectivity index (χ4n) is 2.85. The van der Waals surface area contributed by atoms with Gasteiger partial charge < -0.3 is 4.90 Å². The largest absolute Gasteiger partial charge is 0.353 e. The van der Waals surface area contributed by atoms with Crippen LogP contribution in [0.2, 0.25) is 0 Å². The highest BCUT2D eigenvalue weighted by atomic mass is 15.3. The van der Waals surface area contributed by atoms with E-state index in [0.29, 0.717) is 5.56 Å². The number of rotatable bonds is 4. The Hall–Kier alpha value is -2.38. The van der Waals surface area contributed by atoms with E-state index in [1.54, 1.807) is 6.20 Å². The predicted octanol–water partition coefficient (Wildman–Crippen LogP) is 2.32. The molecule has 0 unspecified atom stereocenters. The lowest BCUT2D eigenvalue weighted by Crippen LogP contribution is -2.47. The molecule has 3 rings (SSSR count). The van der Waals surface area contributed by atoms with Crippen LogP contribution in [0.1, 0.15) is 11.1 Å². The van der Waals surface area contributed by atoms with Gasteiger partial charge in [0, 0.05) is 38.9 Å². The van der Waals surface area contributed by atoms with Gasteiger partial charge >= 0.3 is 0 Å². The van der Waals surface area contributed by atoms with Gasteiger partial charge in [-0.25, -0.2) is 4.98 Å². The summed E-state index contributed by atoms with van der Waals surface area (Å²) in [5.41, 5.74) is 2.06. The maximum atomic E-state index is 9.18. The van der Waals surface area contributed by atoms with E-state index < -0.39 is 0 Å². The van der Waals surface area contributed by atoms with E-state index in [2.05, 4.69) is 51.2 Å². The molecule has 0 spiro atoms. The van der Waals surface area contributed by atoms with Crippen LogP contribution in [0.25, 0.3) is 0 Å². The summed E-state index contributed by atoms with van der Waals surface area (Å²) < 4.78 is 0. The Morgan fingerprint density at radius 1 is 1.00 bits per heavy atom. The van der Waals surface area contributed by atoms with Crippen molar-refractivity contribution in [2.45, 2.75) is 6.42 Å². The number of nitrogens with zero attached hydrogens (tertiary/aromatic N) is 4. The van der Waals surface area contributed by atoms with Crippen LogP contribution >= 0.6 is 0 Å². The molecular weight excluding hydrogens is 272 g/mol. The van der Waals surface area contributed by atoms with Crippen molar-refractivity contribution in [3.63, 3.8) is 0 Å². The van der Waals surface area contributed by atoms with Gasteiger partial charge in [-0.2, -0.15) is 5.26 Å². The topological polar surface area (TPSA) is 43.2 Å². The van der Waals surface area contributed by atoms with E-state index in [1.807, 2.05) is 12.1 Å². The second-order valence-electron chi connectivity index (χ2n) is 5.55. The summed E-state index contributed by atoms with van der Waals surface area (Å²) in [6, 6.07) is 16.5. The molecule has 0 atom stereocenters. The monoisotopic (exact) mass is 292 g/mol. The van der Waals surface area contributed by atoms with Crippen molar-refractivity contribution in [1.29, 1.82) is 5.26 Å². The molecule has 112 valence electrons. The number of aromatic nitrogens is 1. The zero-order valence-electron chi connectivity index (χ0n) is 12.7. The summed E-state index contributed by atoms with van der Waals surface area (Å²) in [6.45, 7) is 4.99. The molecule has 1 aromatic heterocycles. The van der Waals surface area contributed by atoms with Gasteiger partial charge in [-0.05, 0) is 24.1 Å². The minimum Gasteiger partial charge on any atom is -0.353 e. The van der Waals surface area contributed by atoms with Crippen molar-refractivity contribution in [1.82, 2.24) is 9.88 Å². The summed E-state index contributed by atoms with van der Waals surface area (Å²) in [6.07, 6.45) is 2.85. The minimum absolute atomic E-state index is 0.667. The van der Waals surface area contributed by atoms with Gasteiger partial charge in [-0.3, -0.25) is 4.90 Å². The first-order chi connectivity index (χ1) is 10.9. The lowest BCUT2D eigenvalue weighted by Gasteiger charge is -2.35. The molecule has 0 bridgehead atoms. The summed E-state index contributed by atoms with van der Waals surface area (Å²) in [5.74, 6) is 0.827. The van der Waals surface area contributed by atoms with Crippen LogP contribution in [-0.4, -0.2) is 42.6 Å². The number of anilines is 1. The van der Waals surface area contributed by atoms with Crippen molar-refractivity contribution < 1.29 is 0 Å². The van der Waals surface area contributed by atoms with Crippen LogP contribution in [0.5, 0.6) is 0 Å². The van der Waals surface area contributed by atoms with Crippen molar-refractivity contribution in [2.24, 2.45) is 0 Å². The second-order valence-corrected chi connectivity index (χ2v) is 5.55. The first kappa shape index (κ1) is 14.6. The first-order valence-electron chi connectivity index (χ1n) is 7.73. The molecule has 4 nitrogen and oxygen atoms in total. The van der Waals surface area contributed by atoms with E-state index in [9.17, 15) is 5.26 Å². The third kappa shape index (κ3) is 3.44. The Balaban J connectivity index is 1.53.